The standard InChI is InChI=1S/C13H15BrN2O/c1-17-7-3-6-15-12-5-2-4-10-8-11(14)9-16-13(10)12/h2,4-5,8-9,15H,3,6-7H2,1H3. The fourth-order valence-electron chi connectivity index (χ4n) is 1.72. The second kappa shape index (κ2) is 5.98. The molecule has 1 heterocycles. The molecule has 2 rings (SSSR count). The Morgan fingerprint density at radius 1 is 1.41 bits per heavy atom. The molecule has 0 radical (unpaired) electrons. The third-order valence-corrected chi connectivity index (χ3v) is 2.95. The molecule has 17 heavy (non-hydrogen) atoms. The van der Waals surface area contributed by atoms with Gasteiger partial charge in [-0.2, -0.15) is 0 Å². The van der Waals surface area contributed by atoms with Gasteiger partial charge in [-0.3, -0.25) is 4.98 Å². The van der Waals surface area contributed by atoms with Crippen molar-refractivity contribution in [1.82, 2.24) is 4.98 Å². The molecule has 0 amide bonds. The number of fused-ring (bicyclic) bond motifs is 1. The number of anilines is 1. The van der Waals surface area contributed by atoms with Crippen molar-refractivity contribution >= 4 is 32.5 Å². The van der Waals surface area contributed by atoms with Crippen LogP contribution in [0.15, 0.2) is 34.9 Å². The fourth-order valence-corrected chi connectivity index (χ4v) is 2.07. The molecule has 0 atom stereocenters. The highest BCUT2D eigenvalue weighted by molar-refractivity contribution is 9.10. The average molecular weight is 295 g/mol. The highest BCUT2D eigenvalue weighted by Crippen LogP contribution is 2.23. The lowest BCUT2D eigenvalue weighted by Gasteiger charge is -2.08. The van der Waals surface area contributed by atoms with Crippen molar-refractivity contribution in [1.29, 1.82) is 0 Å². The summed E-state index contributed by atoms with van der Waals surface area (Å²) in [5.41, 5.74) is 2.08. The van der Waals surface area contributed by atoms with Crippen LogP contribution in [0.5, 0.6) is 0 Å². The lowest BCUT2D eigenvalue weighted by atomic mass is 10.2. The fraction of sp³-hybridized carbons (Fsp3) is 0.308. The Hall–Kier alpha value is -1.13. The van der Waals surface area contributed by atoms with Crippen LogP contribution in [0.2, 0.25) is 0 Å². The summed E-state index contributed by atoms with van der Waals surface area (Å²) in [4.78, 5) is 4.44. The first-order valence-electron chi connectivity index (χ1n) is 5.58. The highest BCUT2D eigenvalue weighted by atomic mass is 79.9. The molecular formula is C13H15BrN2O. The molecule has 2 aromatic rings. The molecule has 1 aromatic carbocycles. The number of hydrogen-bond donors (Lipinski definition) is 1. The van der Waals surface area contributed by atoms with Gasteiger partial charge in [-0.1, -0.05) is 12.1 Å². The second-order valence-electron chi connectivity index (χ2n) is 3.80. The lowest BCUT2D eigenvalue weighted by Crippen LogP contribution is -2.05. The molecule has 0 unspecified atom stereocenters. The molecule has 0 bridgehead atoms. The molecule has 1 aromatic heterocycles. The maximum absolute atomic E-state index is 5.02. The van der Waals surface area contributed by atoms with Gasteiger partial charge in [-0.15, -0.1) is 0 Å². The summed E-state index contributed by atoms with van der Waals surface area (Å²) >= 11 is 3.43. The third-order valence-electron chi connectivity index (χ3n) is 2.52. The van der Waals surface area contributed by atoms with Crippen molar-refractivity contribution in [2.45, 2.75) is 6.42 Å². The molecule has 1 N–H and O–H groups in total. The van der Waals surface area contributed by atoms with Crippen LogP contribution in [0.4, 0.5) is 5.69 Å². The van der Waals surface area contributed by atoms with Crippen LogP contribution < -0.4 is 5.32 Å². The van der Waals surface area contributed by atoms with Gasteiger partial charge in [-0.25, -0.2) is 0 Å². The topological polar surface area (TPSA) is 34.1 Å². The van der Waals surface area contributed by atoms with Crippen LogP contribution in [-0.2, 0) is 4.74 Å². The van der Waals surface area contributed by atoms with E-state index in [1.54, 1.807) is 7.11 Å². The average Bonchev–Trinajstić information content (AvgIpc) is 2.34. The van der Waals surface area contributed by atoms with Crippen molar-refractivity contribution in [3.05, 3.63) is 34.9 Å². The van der Waals surface area contributed by atoms with Crippen molar-refractivity contribution < 1.29 is 4.74 Å². The van der Waals surface area contributed by atoms with E-state index in [-0.39, 0.29) is 0 Å². The van der Waals surface area contributed by atoms with Gasteiger partial charge in [-0.05, 0) is 34.5 Å². The Labute approximate surface area is 109 Å². The minimum absolute atomic E-state index is 0.775. The van der Waals surface area contributed by atoms with Gasteiger partial charge in [0.15, 0.2) is 0 Å². The van der Waals surface area contributed by atoms with Crippen LogP contribution in [0.1, 0.15) is 6.42 Å². The van der Waals surface area contributed by atoms with Crippen molar-refractivity contribution in [3.8, 4) is 0 Å². The highest BCUT2D eigenvalue weighted by Gasteiger charge is 2.01. The van der Waals surface area contributed by atoms with E-state index in [0.29, 0.717) is 0 Å². The number of pyridine rings is 1. The van der Waals surface area contributed by atoms with Gasteiger partial charge in [0.25, 0.3) is 0 Å². The zero-order chi connectivity index (χ0) is 12.1. The number of benzene rings is 1. The number of para-hydroxylation sites is 1. The van der Waals surface area contributed by atoms with Gasteiger partial charge >= 0.3 is 0 Å². The molecule has 0 aliphatic heterocycles. The minimum atomic E-state index is 0.775. The van der Waals surface area contributed by atoms with Crippen LogP contribution in [0, 0.1) is 0 Å². The Morgan fingerprint density at radius 3 is 3.12 bits per heavy atom. The largest absolute Gasteiger partial charge is 0.385 e. The second-order valence-corrected chi connectivity index (χ2v) is 4.72. The minimum Gasteiger partial charge on any atom is -0.385 e. The molecule has 0 aliphatic rings. The summed E-state index contributed by atoms with van der Waals surface area (Å²) in [5, 5.41) is 4.52. The van der Waals surface area contributed by atoms with E-state index in [0.717, 1.165) is 40.6 Å². The maximum Gasteiger partial charge on any atom is 0.0934 e. The summed E-state index contributed by atoms with van der Waals surface area (Å²) < 4.78 is 6.02. The van der Waals surface area contributed by atoms with Crippen LogP contribution in [0.3, 0.4) is 0 Å². The number of aromatic nitrogens is 1. The summed E-state index contributed by atoms with van der Waals surface area (Å²) in [6.07, 6.45) is 2.81. The van der Waals surface area contributed by atoms with E-state index in [1.165, 1.54) is 0 Å². The summed E-state index contributed by atoms with van der Waals surface area (Å²) in [7, 11) is 1.72. The first-order valence-corrected chi connectivity index (χ1v) is 6.37. The van der Waals surface area contributed by atoms with E-state index < -0.39 is 0 Å². The Kier molecular flexibility index (Phi) is 4.34. The van der Waals surface area contributed by atoms with Crippen LogP contribution >= 0.6 is 15.9 Å². The quantitative estimate of drug-likeness (QED) is 0.858. The first-order chi connectivity index (χ1) is 8.31. The molecule has 0 aliphatic carbocycles. The molecule has 4 heteroatoms. The molecule has 3 nitrogen and oxygen atoms in total. The Balaban J connectivity index is 2.16. The van der Waals surface area contributed by atoms with Gasteiger partial charge in [0, 0.05) is 36.3 Å². The monoisotopic (exact) mass is 294 g/mol. The summed E-state index contributed by atoms with van der Waals surface area (Å²) in [6.45, 7) is 1.67. The van der Waals surface area contributed by atoms with Crippen molar-refractivity contribution in [3.63, 3.8) is 0 Å². The number of ether oxygens (including phenoxy) is 1. The van der Waals surface area contributed by atoms with Crippen LogP contribution in [0.25, 0.3) is 10.9 Å². The Bertz CT molecular complexity index is 502. The van der Waals surface area contributed by atoms with E-state index in [9.17, 15) is 0 Å². The predicted octanol–water partition coefficient (Wildman–Crippen LogP) is 3.45. The zero-order valence-corrected chi connectivity index (χ0v) is 11.3. The molecule has 0 fully saturated rings. The Morgan fingerprint density at radius 2 is 2.29 bits per heavy atom. The number of methoxy groups -OCH3 is 1. The number of nitrogens with one attached hydrogen (secondary N) is 1. The lowest BCUT2D eigenvalue weighted by molar-refractivity contribution is 0.198. The molecule has 0 spiro atoms. The van der Waals surface area contributed by atoms with E-state index in [2.05, 4.69) is 44.4 Å². The van der Waals surface area contributed by atoms with Crippen LogP contribution in [-0.4, -0.2) is 25.2 Å². The number of rotatable bonds is 5. The number of hydrogen-bond acceptors (Lipinski definition) is 3. The smallest absolute Gasteiger partial charge is 0.0934 e. The number of nitrogens with zero attached hydrogens (tertiary/aromatic N) is 1. The SMILES string of the molecule is COCCCNc1cccc2cc(Br)cnc12. The molecular weight excluding hydrogens is 280 g/mol. The predicted molar refractivity (Wildman–Crippen MR) is 74.4 cm³/mol. The van der Waals surface area contributed by atoms with Gasteiger partial charge < -0.3 is 10.1 Å². The van der Waals surface area contributed by atoms with Crippen molar-refractivity contribution in [2.24, 2.45) is 0 Å². The number of halogens is 1. The zero-order valence-electron chi connectivity index (χ0n) is 9.74. The molecule has 0 saturated carbocycles. The maximum atomic E-state index is 5.02. The first kappa shape index (κ1) is 12.3. The summed E-state index contributed by atoms with van der Waals surface area (Å²) in [6, 6.07) is 8.22. The van der Waals surface area contributed by atoms with E-state index >= 15 is 0 Å². The molecule has 90 valence electrons. The van der Waals surface area contributed by atoms with E-state index in [4.69, 9.17) is 4.74 Å². The third kappa shape index (κ3) is 3.17. The van der Waals surface area contributed by atoms with E-state index in [1.807, 2.05) is 12.3 Å². The normalized spacial score (nSPS) is 10.7. The van der Waals surface area contributed by atoms with Gasteiger partial charge in [0.2, 0.25) is 0 Å². The van der Waals surface area contributed by atoms with Gasteiger partial charge in [0.1, 0.15) is 0 Å². The molecule has 0 saturated heterocycles. The summed E-state index contributed by atoms with van der Waals surface area (Å²) in [5.74, 6) is 0. The van der Waals surface area contributed by atoms with Gasteiger partial charge in [0.05, 0.1) is 11.2 Å². The van der Waals surface area contributed by atoms with Crippen molar-refractivity contribution in [2.75, 3.05) is 25.6 Å².